The molecule has 1 fully saturated rings. The quantitative estimate of drug-likeness (QED) is 0.733. The van der Waals surface area contributed by atoms with E-state index in [9.17, 15) is 4.79 Å². The maximum atomic E-state index is 12.1. The molecule has 1 aliphatic rings. The number of nitrogens with one attached hydrogen (secondary N) is 1. The summed E-state index contributed by atoms with van der Waals surface area (Å²) < 4.78 is 0. The fraction of sp³-hybridized carbons (Fsp3) is 0.909. The van der Waals surface area contributed by atoms with E-state index in [4.69, 9.17) is 0 Å². The molecule has 0 bridgehead atoms. The Morgan fingerprint density at radius 2 is 2.14 bits per heavy atom. The molecule has 1 rings (SSSR count). The third-order valence-electron chi connectivity index (χ3n) is 3.02. The van der Waals surface area contributed by atoms with Gasteiger partial charge in [-0.25, -0.2) is 0 Å². The molecule has 2 unspecified atom stereocenters. The van der Waals surface area contributed by atoms with Gasteiger partial charge >= 0.3 is 0 Å². The van der Waals surface area contributed by atoms with E-state index in [2.05, 4.69) is 26.1 Å². The molecule has 0 spiro atoms. The van der Waals surface area contributed by atoms with Crippen LogP contribution >= 0.6 is 0 Å². The second kappa shape index (κ2) is 5.35. The second-order valence-corrected chi connectivity index (χ2v) is 4.16. The minimum absolute atomic E-state index is 0.210. The van der Waals surface area contributed by atoms with Crippen LogP contribution in [-0.4, -0.2) is 37.0 Å². The minimum Gasteiger partial charge on any atom is -0.343 e. The van der Waals surface area contributed by atoms with Crippen molar-refractivity contribution in [2.75, 3.05) is 26.2 Å². The molecule has 1 amide bonds. The van der Waals surface area contributed by atoms with Gasteiger partial charge in [0.1, 0.15) is 0 Å². The van der Waals surface area contributed by atoms with Crippen LogP contribution in [-0.2, 0) is 4.79 Å². The van der Waals surface area contributed by atoms with Gasteiger partial charge in [0.2, 0.25) is 5.91 Å². The minimum atomic E-state index is 0.210. The van der Waals surface area contributed by atoms with Crippen molar-refractivity contribution in [3.05, 3.63) is 0 Å². The highest BCUT2D eigenvalue weighted by atomic mass is 16.2. The molecule has 1 aliphatic heterocycles. The average Bonchev–Trinajstić information content (AvgIpc) is 2.59. The standard InChI is InChI=1S/C11H22N2O/c1-4-6-13(5-2)11(14)10-8-12-7-9(10)3/h9-10,12H,4-8H2,1-3H3. The lowest BCUT2D eigenvalue weighted by molar-refractivity contribution is -0.135. The summed E-state index contributed by atoms with van der Waals surface area (Å²) in [5, 5.41) is 3.28. The van der Waals surface area contributed by atoms with E-state index in [0.717, 1.165) is 32.6 Å². The molecule has 3 nitrogen and oxygen atoms in total. The van der Waals surface area contributed by atoms with E-state index in [-0.39, 0.29) is 5.92 Å². The van der Waals surface area contributed by atoms with Crippen LogP contribution in [0.1, 0.15) is 27.2 Å². The molecular weight excluding hydrogens is 176 g/mol. The van der Waals surface area contributed by atoms with Gasteiger partial charge in [0.15, 0.2) is 0 Å². The van der Waals surface area contributed by atoms with Crippen LogP contribution in [0.15, 0.2) is 0 Å². The van der Waals surface area contributed by atoms with Gasteiger partial charge in [-0.05, 0) is 25.8 Å². The molecule has 14 heavy (non-hydrogen) atoms. The average molecular weight is 198 g/mol. The fourth-order valence-electron chi connectivity index (χ4n) is 2.07. The van der Waals surface area contributed by atoms with Crippen LogP contribution in [0, 0.1) is 11.8 Å². The molecular formula is C11H22N2O. The molecule has 0 aliphatic carbocycles. The molecule has 2 atom stereocenters. The summed E-state index contributed by atoms with van der Waals surface area (Å²) in [5.41, 5.74) is 0. The van der Waals surface area contributed by atoms with Crippen LogP contribution in [0.2, 0.25) is 0 Å². The second-order valence-electron chi connectivity index (χ2n) is 4.16. The van der Waals surface area contributed by atoms with Crippen molar-refractivity contribution in [1.29, 1.82) is 0 Å². The SMILES string of the molecule is CCCN(CC)C(=O)C1CNCC1C. The number of rotatable bonds is 4. The Balaban J connectivity index is 2.52. The summed E-state index contributed by atoms with van der Waals surface area (Å²) in [5.74, 6) is 1.04. The maximum Gasteiger partial charge on any atom is 0.227 e. The molecule has 82 valence electrons. The number of amides is 1. The van der Waals surface area contributed by atoms with Crippen molar-refractivity contribution in [2.45, 2.75) is 27.2 Å². The smallest absolute Gasteiger partial charge is 0.227 e. The van der Waals surface area contributed by atoms with Crippen LogP contribution in [0.4, 0.5) is 0 Å². The summed E-state index contributed by atoms with van der Waals surface area (Å²) >= 11 is 0. The fourth-order valence-corrected chi connectivity index (χ4v) is 2.07. The Morgan fingerprint density at radius 3 is 2.57 bits per heavy atom. The van der Waals surface area contributed by atoms with Gasteiger partial charge in [-0.3, -0.25) is 4.79 Å². The van der Waals surface area contributed by atoms with E-state index in [1.807, 2.05) is 4.90 Å². The first-order chi connectivity index (χ1) is 6.70. The molecule has 3 heteroatoms. The zero-order valence-corrected chi connectivity index (χ0v) is 9.55. The normalized spacial score (nSPS) is 26.5. The Morgan fingerprint density at radius 1 is 1.43 bits per heavy atom. The van der Waals surface area contributed by atoms with E-state index in [0.29, 0.717) is 11.8 Å². The summed E-state index contributed by atoms with van der Waals surface area (Å²) in [4.78, 5) is 14.0. The van der Waals surface area contributed by atoms with E-state index >= 15 is 0 Å². The topological polar surface area (TPSA) is 32.3 Å². The highest BCUT2D eigenvalue weighted by Crippen LogP contribution is 2.18. The van der Waals surface area contributed by atoms with Gasteiger partial charge in [-0.15, -0.1) is 0 Å². The van der Waals surface area contributed by atoms with Crippen molar-refractivity contribution < 1.29 is 4.79 Å². The Labute approximate surface area is 86.9 Å². The van der Waals surface area contributed by atoms with Crippen molar-refractivity contribution in [3.63, 3.8) is 0 Å². The van der Waals surface area contributed by atoms with E-state index in [1.165, 1.54) is 0 Å². The predicted molar refractivity (Wildman–Crippen MR) is 58.1 cm³/mol. The third kappa shape index (κ3) is 2.47. The summed E-state index contributed by atoms with van der Waals surface area (Å²) in [6.07, 6.45) is 1.05. The molecule has 0 aromatic carbocycles. The Hall–Kier alpha value is -0.570. The van der Waals surface area contributed by atoms with Crippen LogP contribution in [0.5, 0.6) is 0 Å². The lowest BCUT2D eigenvalue weighted by Crippen LogP contribution is -2.39. The van der Waals surface area contributed by atoms with Crippen LogP contribution in [0.3, 0.4) is 0 Å². The molecule has 0 radical (unpaired) electrons. The third-order valence-corrected chi connectivity index (χ3v) is 3.02. The molecule has 1 heterocycles. The summed E-state index contributed by atoms with van der Waals surface area (Å²) in [7, 11) is 0. The van der Waals surface area contributed by atoms with Crippen molar-refractivity contribution in [2.24, 2.45) is 11.8 Å². The zero-order chi connectivity index (χ0) is 10.6. The number of hydrogen-bond donors (Lipinski definition) is 1. The molecule has 0 aromatic rings. The predicted octanol–water partition coefficient (Wildman–Crippen LogP) is 1.10. The van der Waals surface area contributed by atoms with Crippen LogP contribution < -0.4 is 5.32 Å². The highest BCUT2D eigenvalue weighted by Gasteiger charge is 2.31. The Bertz CT molecular complexity index is 194. The van der Waals surface area contributed by atoms with Gasteiger partial charge in [0.05, 0.1) is 5.92 Å². The van der Waals surface area contributed by atoms with E-state index in [1.54, 1.807) is 0 Å². The number of nitrogens with zero attached hydrogens (tertiary/aromatic N) is 1. The largest absolute Gasteiger partial charge is 0.343 e. The number of hydrogen-bond acceptors (Lipinski definition) is 2. The van der Waals surface area contributed by atoms with Crippen LogP contribution in [0.25, 0.3) is 0 Å². The first-order valence-corrected chi connectivity index (χ1v) is 5.70. The van der Waals surface area contributed by atoms with E-state index < -0.39 is 0 Å². The van der Waals surface area contributed by atoms with Gasteiger partial charge in [0.25, 0.3) is 0 Å². The summed E-state index contributed by atoms with van der Waals surface area (Å²) in [6, 6.07) is 0. The Kier molecular flexibility index (Phi) is 4.39. The first kappa shape index (κ1) is 11.5. The first-order valence-electron chi connectivity index (χ1n) is 5.70. The van der Waals surface area contributed by atoms with Gasteiger partial charge < -0.3 is 10.2 Å². The number of carbonyl (C=O) groups excluding carboxylic acids is 1. The van der Waals surface area contributed by atoms with Crippen molar-refractivity contribution >= 4 is 5.91 Å². The number of carbonyl (C=O) groups is 1. The monoisotopic (exact) mass is 198 g/mol. The van der Waals surface area contributed by atoms with Gasteiger partial charge in [-0.1, -0.05) is 13.8 Å². The maximum absolute atomic E-state index is 12.1. The lowest BCUT2D eigenvalue weighted by Gasteiger charge is -2.25. The molecule has 1 N–H and O–H groups in total. The lowest BCUT2D eigenvalue weighted by atomic mass is 9.96. The molecule has 0 saturated carbocycles. The zero-order valence-electron chi connectivity index (χ0n) is 9.55. The summed E-state index contributed by atoms with van der Waals surface area (Å²) in [6.45, 7) is 9.92. The van der Waals surface area contributed by atoms with Crippen molar-refractivity contribution in [1.82, 2.24) is 10.2 Å². The molecule has 1 saturated heterocycles. The van der Waals surface area contributed by atoms with Gasteiger partial charge in [0, 0.05) is 19.6 Å². The highest BCUT2D eigenvalue weighted by molar-refractivity contribution is 5.79. The molecule has 0 aromatic heterocycles. The van der Waals surface area contributed by atoms with Gasteiger partial charge in [-0.2, -0.15) is 0 Å². The van der Waals surface area contributed by atoms with Crippen molar-refractivity contribution in [3.8, 4) is 0 Å².